The van der Waals surface area contributed by atoms with Crippen LogP contribution in [0, 0.1) is 18.8 Å². The lowest BCUT2D eigenvalue weighted by Crippen LogP contribution is -2.37. The lowest BCUT2D eigenvalue weighted by Gasteiger charge is -2.26. The van der Waals surface area contributed by atoms with Gasteiger partial charge in [0.2, 0.25) is 0 Å². The third-order valence-electron chi connectivity index (χ3n) is 5.37. The molecule has 1 amide bonds. The molecule has 154 valence electrons. The highest BCUT2D eigenvalue weighted by atomic mass is 16.6. The van der Waals surface area contributed by atoms with Gasteiger partial charge in [0.15, 0.2) is 5.82 Å². The first kappa shape index (κ1) is 19.5. The Kier molecular flexibility index (Phi) is 5.06. The molecule has 29 heavy (non-hydrogen) atoms. The molecule has 2 aliphatic heterocycles. The summed E-state index contributed by atoms with van der Waals surface area (Å²) < 4.78 is 5.52. The number of amides is 1. The minimum atomic E-state index is -0.457. The number of benzene rings is 1. The first-order valence-electron chi connectivity index (χ1n) is 10.2. The molecule has 1 N–H and O–H groups in total. The molecule has 1 aromatic heterocycles. The van der Waals surface area contributed by atoms with E-state index in [1.807, 2.05) is 44.0 Å². The quantitative estimate of drug-likeness (QED) is 0.852. The van der Waals surface area contributed by atoms with Gasteiger partial charge in [-0.25, -0.2) is 9.78 Å². The van der Waals surface area contributed by atoms with Crippen LogP contribution in [0.3, 0.4) is 0 Å². The molecule has 2 fully saturated rings. The third-order valence-corrected chi connectivity index (χ3v) is 5.37. The standard InChI is InChI=1S/C22H29N5O2/c1-15-6-5-7-18(8-15)24-19-9-23-10-20(25-19)26-11-16-13-27(14-17(16)12-26)21(28)29-22(2,3)4/h5-10,16-17H,11-14H2,1-4H3,(H,24,25)/t16-,17+. The van der Waals surface area contributed by atoms with Crippen molar-refractivity contribution >= 4 is 23.4 Å². The minimum absolute atomic E-state index is 0.206. The first-order valence-corrected chi connectivity index (χ1v) is 10.2. The monoisotopic (exact) mass is 395 g/mol. The summed E-state index contributed by atoms with van der Waals surface area (Å²) in [5.74, 6) is 2.50. The molecule has 1 aromatic carbocycles. The predicted molar refractivity (Wildman–Crippen MR) is 113 cm³/mol. The number of hydrogen-bond acceptors (Lipinski definition) is 6. The lowest BCUT2D eigenvalue weighted by atomic mass is 10.0. The van der Waals surface area contributed by atoms with Crippen LogP contribution in [-0.4, -0.2) is 52.7 Å². The minimum Gasteiger partial charge on any atom is -0.444 e. The predicted octanol–water partition coefficient (Wildman–Crippen LogP) is 3.83. The number of nitrogens with one attached hydrogen (secondary N) is 1. The van der Waals surface area contributed by atoms with Crippen molar-refractivity contribution in [2.24, 2.45) is 11.8 Å². The maximum absolute atomic E-state index is 12.3. The fraction of sp³-hybridized carbons (Fsp3) is 0.500. The van der Waals surface area contributed by atoms with Crippen LogP contribution in [0.4, 0.5) is 22.1 Å². The van der Waals surface area contributed by atoms with E-state index < -0.39 is 5.60 Å². The first-order chi connectivity index (χ1) is 13.8. The van der Waals surface area contributed by atoms with Gasteiger partial charge in [0, 0.05) is 43.7 Å². The second-order valence-corrected chi connectivity index (χ2v) is 9.07. The van der Waals surface area contributed by atoms with Gasteiger partial charge < -0.3 is 19.9 Å². The molecule has 3 heterocycles. The molecular weight excluding hydrogens is 366 g/mol. The molecule has 0 radical (unpaired) electrons. The van der Waals surface area contributed by atoms with Crippen molar-refractivity contribution in [1.82, 2.24) is 14.9 Å². The normalized spacial score (nSPS) is 21.2. The van der Waals surface area contributed by atoms with E-state index in [0.29, 0.717) is 11.8 Å². The second-order valence-electron chi connectivity index (χ2n) is 9.07. The molecule has 2 atom stereocenters. The van der Waals surface area contributed by atoms with Crippen molar-refractivity contribution in [2.45, 2.75) is 33.3 Å². The Balaban J connectivity index is 1.38. The van der Waals surface area contributed by atoms with Crippen molar-refractivity contribution in [2.75, 3.05) is 36.4 Å². The van der Waals surface area contributed by atoms with Crippen LogP contribution in [0.2, 0.25) is 0 Å². The molecule has 2 saturated heterocycles. The van der Waals surface area contributed by atoms with Crippen LogP contribution in [0.15, 0.2) is 36.7 Å². The van der Waals surface area contributed by atoms with E-state index in [2.05, 4.69) is 34.3 Å². The number of anilines is 3. The number of ether oxygens (including phenoxy) is 1. The number of likely N-dealkylation sites (tertiary alicyclic amines) is 1. The van der Waals surface area contributed by atoms with E-state index >= 15 is 0 Å². The molecule has 2 aromatic rings. The fourth-order valence-corrected chi connectivity index (χ4v) is 4.09. The zero-order valence-corrected chi connectivity index (χ0v) is 17.6. The molecule has 4 rings (SSSR count). The van der Waals surface area contributed by atoms with Gasteiger partial charge in [-0.1, -0.05) is 12.1 Å². The maximum Gasteiger partial charge on any atom is 0.410 e. The highest BCUT2D eigenvalue weighted by molar-refractivity contribution is 5.68. The topological polar surface area (TPSA) is 70.6 Å². The molecule has 0 spiro atoms. The van der Waals surface area contributed by atoms with Gasteiger partial charge in [-0.05, 0) is 45.4 Å². The van der Waals surface area contributed by atoms with E-state index in [9.17, 15) is 4.79 Å². The van der Waals surface area contributed by atoms with Gasteiger partial charge in [0.1, 0.15) is 11.4 Å². The summed E-state index contributed by atoms with van der Waals surface area (Å²) in [6, 6.07) is 8.19. The number of carbonyl (C=O) groups is 1. The van der Waals surface area contributed by atoms with E-state index in [1.54, 1.807) is 6.20 Å². The van der Waals surface area contributed by atoms with Crippen LogP contribution >= 0.6 is 0 Å². The summed E-state index contributed by atoms with van der Waals surface area (Å²) in [4.78, 5) is 25.6. The lowest BCUT2D eigenvalue weighted by molar-refractivity contribution is 0.0282. The van der Waals surface area contributed by atoms with Crippen molar-refractivity contribution in [3.05, 3.63) is 42.2 Å². The molecule has 7 nitrogen and oxygen atoms in total. The number of fused-ring (bicyclic) bond motifs is 1. The molecule has 0 bridgehead atoms. The third kappa shape index (κ3) is 4.60. The maximum atomic E-state index is 12.3. The molecular formula is C22H29N5O2. The molecule has 0 aliphatic carbocycles. The number of aryl methyl sites for hydroxylation is 1. The summed E-state index contributed by atoms with van der Waals surface area (Å²) in [7, 11) is 0. The van der Waals surface area contributed by atoms with Crippen molar-refractivity contribution < 1.29 is 9.53 Å². The average Bonchev–Trinajstić information content (AvgIpc) is 3.20. The van der Waals surface area contributed by atoms with Gasteiger partial charge in [-0.15, -0.1) is 0 Å². The molecule has 0 saturated carbocycles. The Hall–Kier alpha value is -2.83. The molecule has 0 unspecified atom stereocenters. The summed E-state index contributed by atoms with van der Waals surface area (Å²) in [5, 5.41) is 3.33. The summed E-state index contributed by atoms with van der Waals surface area (Å²) in [6.45, 7) is 11.0. The van der Waals surface area contributed by atoms with Crippen LogP contribution in [0.25, 0.3) is 0 Å². The van der Waals surface area contributed by atoms with Crippen LogP contribution in [-0.2, 0) is 4.74 Å². The van der Waals surface area contributed by atoms with Gasteiger partial charge in [0.25, 0.3) is 0 Å². The second kappa shape index (κ2) is 7.54. The smallest absolute Gasteiger partial charge is 0.410 e. The van der Waals surface area contributed by atoms with Gasteiger partial charge in [0.05, 0.1) is 12.4 Å². The van der Waals surface area contributed by atoms with Crippen molar-refractivity contribution in [1.29, 1.82) is 0 Å². The number of nitrogens with zero attached hydrogens (tertiary/aromatic N) is 4. The van der Waals surface area contributed by atoms with Crippen molar-refractivity contribution in [3.8, 4) is 0 Å². The van der Waals surface area contributed by atoms with Crippen LogP contribution in [0.1, 0.15) is 26.3 Å². The summed E-state index contributed by atoms with van der Waals surface area (Å²) in [5.41, 5.74) is 1.74. The van der Waals surface area contributed by atoms with E-state index in [-0.39, 0.29) is 6.09 Å². The SMILES string of the molecule is Cc1cccc(Nc2cncc(N3C[C@H]4CN(C(=O)OC(C)(C)C)C[C@H]4C3)n2)c1. The largest absolute Gasteiger partial charge is 0.444 e. The van der Waals surface area contributed by atoms with E-state index in [4.69, 9.17) is 9.72 Å². The average molecular weight is 396 g/mol. The Morgan fingerprint density at radius 1 is 1.14 bits per heavy atom. The fourth-order valence-electron chi connectivity index (χ4n) is 4.09. The highest BCUT2D eigenvalue weighted by Crippen LogP contribution is 2.34. The Morgan fingerprint density at radius 2 is 1.86 bits per heavy atom. The molecule has 7 heteroatoms. The van der Waals surface area contributed by atoms with Crippen molar-refractivity contribution in [3.63, 3.8) is 0 Å². The van der Waals surface area contributed by atoms with Gasteiger partial charge in [-0.3, -0.25) is 4.98 Å². The van der Waals surface area contributed by atoms with Gasteiger partial charge >= 0.3 is 6.09 Å². The zero-order valence-electron chi connectivity index (χ0n) is 17.6. The Labute approximate surface area is 172 Å². The highest BCUT2D eigenvalue weighted by Gasteiger charge is 2.43. The zero-order chi connectivity index (χ0) is 20.6. The number of rotatable bonds is 3. The number of aromatic nitrogens is 2. The number of hydrogen-bond donors (Lipinski definition) is 1. The Bertz CT molecular complexity index is 881. The Morgan fingerprint density at radius 3 is 2.52 bits per heavy atom. The van der Waals surface area contributed by atoms with Crippen LogP contribution in [0.5, 0.6) is 0 Å². The van der Waals surface area contributed by atoms with Crippen LogP contribution < -0.4 is 10.2 Å². The van der Waals surface area contributed by atoms with E-state index in [0.717, 1.165) is 43.5 Å². The van der Waals surface area contributed by atoms with E-state index in [1.165, 1.54) is 5.56 Å². The summed E-state index contributed by atoms with van der Waals surface area (Å²) in [6.07, 6.45) is 3.35. The number of carbonyl (C=O) groups excluding carboxylic acids is 1. The van der Waals surface area contributed by atoms with Gasteiger partial charge in [-0.2, -0.15) is 0 Å². The molecule has 2 aliphatic rings. The summed E-state index contributed by atoms with van der Waals surface area (Å²) >= 11 is 0.